The Morgan fingerprint density at radius 2 is 2.00 bits per heavy atom. The summed E-state index contributed by atoms with van der Waals surface area (Å²) in [4.78, 5) is 10.7. The Kier molecular flexibility index (Phi) is 3.90. The highest BCUT2D eigenvalue weighted by Crippen LogP contribution is 2.28. The van der Waals surface area contributed by atoms with Gasteiger partial charge in [-0.2, -0.15) is 0 Å². The van der Waals surface area contributed by atoms with Crippen molar-refractivity contribution in [2.45, 2.75) is 6.42 Å². The molecule has 0 atom stereocenters. The van der Waals surface area contributed by atoms with Gasteiger partial charge in [-0.3, -0.25) is 0 Å². The molecule has 1 aromatic rings. The van der Waals surface area contributed by atoms with E-state index in [1.807, 2.05) is 0 Å². The molecule has 16 heavy (non-hydrogen) atoms. The number of rotatable bonds is 4. The lowest BCUT2D eigenvalue weighted by Crippen LogP contribution is -1.97. The Morgan fingerprint density at radius 3 is 2.56 bits per heavy atom. The molecule has 0 aromatic heterocycles. The first-order valence-corrected chi connectivity index (χ1v) is 4.72. The highest BCUT2D eigenvalue weighted by Gasteiger charge is 2.12. The molecule has 5 N–H and O–H groups in total. The van der Waals surface area contributed by atoms with Gasteiger partial charge in [0.25, 0.3) is 0 Å². The fourth-order valence-electron chi connectivity index (χ4n) is 1.21. The monoisotopic (exact) mass is 223 g/mol. The van der Waals surface area contributed by atoms with Crippen LogP contribution in [0.25, 0.3) is 6.08 Å². The normalized spacial score (nSPS) is 10.8. The number of hydrogen-bond acceptors (Lipinski definition) is 4. The fourth-order valence-corrected chi connectivity index (χ4v) is 1.21. The first kappa shape index (κ1) is 12.1. The minimum atomic E-state index is -1.24. The molecule has 0 amide bonds. The molecule has 0 aliphatic rings. The predicted octanol–water partition coefficient (Wildman–Crippen LogP) is 1.16. The summed E-state index contributed by atoms with van der Waals surface area (Å²) in [7, 11) is 0. The third-order valence-corrected chi connectivity index (χ3v) is 2.01. The van der Waals surface area contributed by atoms with E-state index in [9.17, 15) is 15.0 Å². The van der Waals surface area contributed by atoms with E-state index in [-0.39, 0.29) is 11.3 Å². The summed E-state index contributed by atoms with van der Waals surface area (Å²) in [5.41, 5.74) is 5.38. The molecular formula is C11H13NO4. The van der Waals surface area contributed by atoms with E-state index in [4.69, 9.17) is 10.8 Å². The molecule has 0 bridgehead atoms. The average molecular weight is 223 g/mol. The topological polar surface area (TPSA) is 104 Å². The van der Waals surface area contributed by atoms with Gasteiger partial charge in [0.05, 0.1) is 0 Å². The number of carboxylic acid groups (broad SMARTS) is 1. The molecule has 0 radical (unpaired) electrons. The minimum absolute atomic E-state index is 0.171. The average Bonchev–Trinajstić information content (AvgIpc) is 2.21. The Balaban J connectivity index is 3.09. The maximum Gasteiger partial charge on any atom is 0.339 e. The molecule has 0 fully saturated rings. The van der Waals surface area contributed by atoms with Gasteiger partial charge in [0, 0.05) is 11.6 Å². The number of carboxylic acids is 1. The molecule has 0 unspecified atom stereocenters. The lowest BCUT2D eigenvalue weighted by atomic mass is 10.1. The summed E-state index contributed by atoms with van der Waals surface area (Å²) in [6, 6.07) is 2.21. The summed E-state index contributed by atoms with van der Waals surface area (Å²) in [5.74, 6) is -1.87. The Hall–Kier alpha value is -2.01. The first-order chi connectivity index (χ1) is 7.56. The van der Waals surface area contributed by atoms with Gasteiger partial charge in [0.2, 0.25) is 0 Å². The molecule has 1 rings (SSSR count). The molecular weight excluding hydrogens is 210 g/mol. The van der Waals surface area contributed by atoms with Crippen LogP contribution in [0.5, 0.6) is 11.5 Å². The summed E-state index contributed by atoms with van der Waals surface area (Å²) in [6.07, 6.45) is 3.91. The quantitative estimate of drug-likeness (QED) is 0.613. The van der Waals surface area contributed by atoms with E-state index >= 15 is 0 Å². The van der Waals surface area contributed by atoms with Crippen LogP contribution in [0.15, 0.2) is 18.2 Å². The van der Waals surface area contributed by atoms with Crippen molar-refractivity contribution < 1.29 is 20.1 Å². The summed E-state index contributed by atoms with van der Waals surface area (Å²) < 4.78 is 0. The fraction of sp³-hybridized carbons (Fsp3) is 0.182. The maximum absolute atomic E-state index is 10.7. The van der Waals surface area contributed by atoms with Crippen molar-refractivity contribution in [3.8, 4) is 11.5 Å². The molecule has 5 heteroatoms. The largest absolute Gasteiger partial charge is 0.507 e. The number of aromatic carboxylic acids is 1. The second kappa shape index (κ2) is 5.18. The van der Waals surface area contributed by atoms with Crippen molar-refractivity contribution in [1.82, 2.24) is 0 Å². The number of phenolic OH excluding ortho intramolecular Hbond substituents is 1. The molecule has 0 saturated heterocycles. The Labute approximate surface area is 92.5 Å². The zero-order valence-electron chi connectivity index (χ0n) is 8.55. The zero-order chi connectivity index (χ0) is 12.1. The number of carbonyl (C=O) groups is 1. The second-order valence-electron chi connectivity index (χ2n) is 3.21. The summed E-state index contributed by atoms with van der Waals surface area (Å²) >= 11 is 0. The van der Waals surface area contributed by atoms with Crippen LogP contribution in [-0.2, 0) is 0 Å². The molecule has 0 spiro atoms. The minimum Gasteiger partial charge on any atom is -0.507 e. The van der Waals surface area contributed by atoms with Gasteiger partial charge in [0.1, 0.15) is 17.1 Å². The number of phenols is 2. The SMILES string of the molecule is NCCC=Cc1cc(C(=O)O)c(O)cc1O. The van der Waals surface area contributed by atoms with E-state index in [0.717, 1.165) is 6.07 Å². The molecule has 0 aliphatic heterocycles. The van der Waals surface area contributed by atoms with E-state index in [1.54, 1.807) is 12.2 Å². The lowest BCUT2D eigenvalue weighted by Gasteiger charge is -2.04. The highest BCUT2D eigenvalue weighted by molar-refractivity contribution is 5.92. The third-order valence-electron chi connectivity index (χ3n) is 2.01. The molecule has 0 aliphatic carbocycles. The van der Waals surface area contributed by atoms with Gasteiger partial charge >= 0.3 is 5.97 Å². The summed E-state index contributed by atoms with van der Waals surface area (Å²) in [5, 5.41) is 27.5. The standard InChI is InChI=1S/C11H13NO4/c12-4-2-1-3-7-5-8(11(15)16)10(14)6-9(7)13/h1,3,5-6,13-14H,2,4,12H2,(H,15,16). The second-order valence-corrected chi connectivity index (χ2v) is 3.21. The van der Waals surface area contributed by atoms with Gasteiger partial charge in [0.15, 0.2) is 0 Å². The van der Waals surface area contributed by atoms with Crippen LogP contribution in [0.1, 0.15) is 22.3 Å². The van der Waals surface area contributed by atoms with Crippen LogP contribution in [0.2, 0.25) is 0 Å². The molecule has 1 aromatic carbocycles. The third kappa shape index (κ3) is 2.74. The van der Waals surface area contributed by atoms with Gasteiger partial charge in [-0.1, -0.05) is 12.2 Å². The Morgan fingerprint density at radius 1 is 1.31 bits per heavy atom. The molecule has 5 nitrogen and oxygen atoms in total. The van der Waals surface area contributed by atoms with Crippen molar-refractivity contribution >= 4 is 12.0 Å². The number of hydrogen-bond donors (Lipinski definition) is 4. The van der Waals surface area contributed by atoms with Crippen molar-refractivity contribution in [3.63, 3.8) is 0 Å². The van der Waals surface area contributed by atoms with Gasteiger partial charge < -0.3 is 21.1 Å². The smallest absolute Gasteiger partial charge is 0.339 e. The van der Waals surface area contributed by atoms with Crippen LogP contribution in [0.4, 0.5) is 0 Å². The van der Waals surface area contributed by atoms with Crippen molar-refractivity contribution in [1.29, 1.82) is 0 Å². The van der Waals surface area contributed by atoms with E-state index in [2.05, 4.69) is 0 Å². The van der Waals surface area contributed by atoms with Crippen molar-refractivity contribution in [2.75, 3.05) is 6.54 Å². The van der Waals surface area contributed by atoms with E-state index < -0.39 is 11.7 Å². The maximum atomic E-state index is 10.7. The highest BCUT2D eigenvalue weighted by atomic mass is 16.4. The molecule has 0 heterocycles. The van der Waals surface area contributed by atoms with Crippen LogP contribution >= 0.6 is 0 Å². The van der Waals surface area contributed by atoms with Gasteiger partial charge in [-0.15, -0.1) is 0 Å². The van der Waals surface area contributed by atoms with Crippen LogP contribution in [0.3, 0.4) is 0 Å². The van der Waals surface area contributed by atoms with Crippen LogP contribution < -0.4 is 5.73 Å². The first-order valence-electron chi connectivity index (χ1n) is 4.72. The number of benzene rings is 1. The van der Waals surface area contributed by atoms with Gasteiger partial charge in [-0.05, 0) is 19.0 Å². The van der Waals surface area contributed by atoms with Crippen LogP contribution in [0, 0.1) is 0 Å². The summed E-state index contributed by atoms with van der Waals surface area (Å²) in [6.45, 7) is 0.473. The van der Waals surface area contributed by atoms with E-state index in [0.29, 0.717) is 18.5 Å². The Bertz CT molecular complexity index is 426. The molecule has 86 valence electrons. The van der Waals surface area contributed by atoms with Gasteiger partial charge in [-0.25, -0.2) is 4.79 Å². The van der Waals surface area contributed by atoms with Crippen LogP contribution in [-0.4, -0.2) is 27.8 Å². The van der Waals surface area contributed by atoms with Crippen molar-refractivity contribution in [2.24, 2.45) is 5.73 Å². The predicted molar refractivity (Wildman–Crippen MR) is 59.4 cm³/mol. The zero-order valence-corrected chi connectivity index (χ0v) is 8.55. The number of nitrogens with two attached hydrogens (primary N) is 1. The molecule has 0 saturated carbocycles. The lowest BCUT2D eigenvalue weighted by molar-refractivity contribution is 0.0693. The number of aromatic hydroxyl groups is 2. The van der Waals surface area contributed by atoms with Crippen molar-refractivity contribution in [3.05, 3.63) is 29.3 Å². The van der Waals surface area contributed by atoms with E-state index in [1.165, 1.54) is 6.07 Å².